The molecule has 2 atom stereocenters. The number of rotatable bonds is 3. The molecular formula is C20H20F3N5O. The van der Waals surface area contributed by atoms with Gasteiger partial charge in [0, 0.05) is 37.3 Å². The van der Waals surface area contributed by atoms with Crippen molar-refractivity contribution in [3.8, 4) is 11.8 Å². The molecule has 0 unspecified atom stereocenters. The lowest BCUT2D eigenvalue weighted by molar-refractivity contribution is -0.137. The number of fused-ring (bicyclic) bond motifs is 3. The molecule has 6 nitrogen and oxygen atoms in total. The van der Waals surface area contributed by atoms with E-state index in [2.05, 4.69) is 15.6 Å². The van der Waals surface area contributed by atoms with E-state index < -0.39 is 11.7 Å². The highest BCUT2D eigenvalue weighted by Gasteiger charge is 2.45. The van der Waals surface area contributed by atoms with Crippen molar-refractivity contribution in [2.45, 2.75) is 24.6 Å². The number of nitrogens with one attached hydrogen (secondary N) is 2. The van der Waals surface area contributed by atoms with Gasteiger partial charge in [-0.3, -0.25) is 0 Å². The number of hydrogen-bond acceptors (Lipinski definition) is 6. The Morgan fingerprint density at radius 3 is 2.83 bits per heavy atom. The predicted molar refractivity (Wildman–Crippen MR) is 103 cm³/mol. The van der Waals surface area contributed by atoms with Gasteiger partial charge >= 0.3 is 6.18 Å². The summed E-state index contributed by atoms with van der Waals surface area (Å²) in [6.07, 6.45) is -2.32. The number of benzene rings is 1. The molecule has 1 saturated heterocycles. The summed E-state index contributed by atoms with van der Waals surface area (Å²) in [6.45, 7) is 1.42. The van der Waals surface area contributed by atoms with Gasteiger partial charge < -0.3 is 20.3 Å². The molecule has 1 aromatic heterocycles. The number of hydrogen-bond donors (Lipinski definition) is 2. The van der Waals surface area contributed by atoms with Crippen molar-refractivity contribution in [3.63, 3.8) is 0 Å². The Kier molecular flexibility index (Phi) is 4.74. The Bertz CT molecular complexity index is 985. The zero-order chi connectivity index (χ0) is 20.8. The first kappa shape index (κ1) is 19.3. The first-order valence-corrected chi connectivity index (χ1v) is 9.23. The Morgan fingerprint density at radius 1 is 1.34 bits per heavy atom. The van der Waals surface area contributed by atoms with Crippen LogP contribution in [0.5, 0.6) is 5.75 Å². The number of halogens is 3. The largest absolute Gasteiger partial charge is 0.495 e. The topological polar surface area (TPSA) is 73.2 Å². The fraction of sp³-hybridized carbons (Fsp3) is 0.400. The molecule has 0 saturated carbocycles. The monoisotopic (exact) mass is 403 g/mol. The van der Waals surface area contributed by atoms with Gasteiger partial charge in [0.15, 0.2) is 5.69 Å². The second-order valence-corrected chi connectivity index (χ2v) is 7.25. The quantitative estimate of drug-likeness (QED) is 0.816. The zero-order valence-corrected chi connectivity index (χ0v) is 16.0. The molecule has 2 aliphatic heterocycles. The van der Waals surface area contributed by atoms with Crippen molar-refractivity contribution in [2.24, 2.45) is 0 Å². The Morgan fingerprint density at radius 2 is 2.14 bits per heavy atom. The van der Waals surface area contributed by atoms with Crippen LogP contribution in [0.2, 0.25) is 0 Å². The Hall–Kier alpha value is -2.99. The fourth-order valence-electron chi connectivity index (χ4n) is 4.31. The molecule has 0 bridgehead atoms. The number of anilines is 3. The molecule has 29 heavy (non-hydrogen) atoms. The number of ether oxygens (including phenoxy) is 1. The number of nitrogens with zero attached hydrogens (tertiary/aromatic N) is 3. The maximum Gasteiger partial charge on any atom is 0.418 e. The third kappa shape index (κ3) is 3.34. The van der Waals surface area contributed by atoms with Crippen LogP contribution < -0.4 is 20.3 Å². The summed E-state index contributed by atoms with van der Waals surface area (Å²) in [5, 5.41) is 15.5. The molecule has 1 aromatic carbocycles. The molecule has 0 radical (unpaired) electrons. The molecule has 152 valence electrons. The van der Waals surface area contributed by atoms with E-state index in [-0.39, 0.29) is 29.0 Å². The lowest BCUT2D eigenvalue weighted by Gasteiger charge is -2.31. The van der Waals surface area contributed by atoms with Gasteiger partial charge in [-0.25, -0.2) is 4.98 Å². The van der Waals surface area contributed by atoms with Crippen LogP contribution in [-0.2, 0) is 6.18 Å². The van der Waals surface area contributed by atoms with Gasteiger partial charge in [-0.15, -0.1) is 0 Å². The summed E-state index contributed by atoms with van der Waals surface area (Å²) in [5.41, 5.74) is 0.868. The normalized spacial score (nSPS) is 20.6. The highest BCUT2D eigenvalue weighted by Crippen LogP contribution is 2.50. The van der Waals surface area contributed by atoms with Crippen molar-refractivity contribution in [1.29, 1.82) is 5.26 Å². The van der Waals surface area contributed by atoms with Crippen molar-refractivity contribution in [3.05, 3.63) is 41.2 Å². The van der Waals surface area contributed by atoms with Gasteiger partial charge in [0.25, 0.3) is 0 Å². The fourth-order valence-corrected chi connectivity index (χ4v) is 4.31. The number of alkyl halides is 3. The Balaban J connectivity index is 1.82. The van der Waals surface area contributed by atoms with Crippen LogP contribution in [0.4, 0.5) is 30.2 Å². The van der Waals surface area contributed by atoms with Crippen molar-refractivity contribution < 1.29 is 17.9 Å². The lowest BCUT2D eigenvalue weighted by Crippen LogP contribution is -2.42. The first-order chi connectivity index (χ1) is 13.8. The van der Waals surface area contributed by atoms with Gasteiger partial charge in [-0.1, -0.05) is 0 Å². The molecule has 0 amide bonds. The van der Waals surface area contributed by atoms with E-state index in [0.29, 0.717) is 23.5 Å². The molecule has 2 aromatic rings. The van der Waals surface area contributed by atoms with Crippen LogP contribution in [0.1, 0.15) is 29.2 Å². The minimum Gasteiger partial charge on any atom is -0.495 e. The molecule has 1 fully saturated rings. The molecule has 2 N–H and O–H groups in total. The van der Waals surface area contributed by atoms with E-state index in [1.807, 2.05) is 6.07 Å². The number of methoxy groups -OCH3 is 1. The SMILES string of the molecule is COc1cnc(C#N)c(Nc2cc3c(c(C(F)(F)F)c2)N(C)[C@H]2CCNC[C@@H]32)c1. The maximum absolute atomic E-state index is 13.9. The summed E-state index contributed by atoms with van der Waals surface area (Å²) < 4.78 is 46.9. The van der Waals surface area contributed by atoms with Gasteiger partial charge in [-0.2, -0.15) is 18.4 Å². The van der Waals surface area contributed by atoms with Gasteiger partial charge in [0.05, 0.1) is 30.2 Å². The zero-order valence-electron chi connectivity index (χ0n) is 16.0. The minimum absolute atomic E-state index is 0.0227. The average molecular weight is 403 g/mol. The Labute approximate surface area is 166 Å². The molecule has 0 aliphatic carbocycles. The van der Waals surface area contributed by atoms with Crippen molar-refractivity contribution >= 4 is 17.1 Å². The lowest BCUT2D eigenvalue weighted by atomic mass is 9.89. The van der Waals surface area contributed by atoms with Crippen LogP contribution in [0.15, 0.2) is 24.4 Å². The van der Waals surface area contributed by atoms with E-state index in [1.54, 1.807) is 24.1 Å². The second kappa shape index (κ2) is 7.12. The van der Waals surface area contributed by atoms with Crippen LogP contribution in [0, 0.1) is 11.3 Å². The smallest absolute Gasteiger partial charge is 0.418 e. The van der Waals surface area contributed by atoms with Gasteiger partial charge in [0.2, 0.25) is 0 Å². The van der Waals surface area contributed by atoms with Crippen molar-refractivity contribution in [2.75, 3.05) is 37.5 Å². The summed E-state index contributed by atoms with van der Waals surface area (Å²) in [7, 11) is 3.19. The second-order valence-electron chi connectivity index (χ2n) is 7.25. The van der Waals surface area contributed by atoms with E-state index in [1.165, 1.54) is 13.3 Å². The molecule has 9 heteroatoms. The molecule has 2 aliphatic rings. The molecule has 3 heterocycles. The highest BCUT2D eigenvalue weighted by atomic mass is 19.4. The summed E-state index contributed by atoms with van der Waals surface area (Å²) in [6, 6.07) is 6.38. The third-order valence-corrected chi connectivity index (χ3v) is 5.62. The van der Waals surface area contributed by atoms with Crippen LogP contribution in [-0.4, -0.2) is 38.3 Å². The van der Waals surface area contributed by atoms with Crippen LogP contribution in [0.25, 0.3) is 0 Å². The summed E-state index contributed by atoms with van der Waals surface area (Å²) >= 11 is 0. The third-order valence-electron chi connectivity index (χ3n) is 5.62. The number of pyridine rings is 1. The van der Waals surface area contributed by atoms with Gasteiger partial charge in [-0.05, 0) is 30.7 Å². The number of piperidine rings is 1. The van der Waals surface area contributed by atoms with E-state index in [0.717, 1.165) is 19.0 Å². The highest BCUT2D eigenvalue weighted by molar-refractivity contribution is 5.75. The standard InChI is InChI=1S/C20H20F3N5O/c1-28-18-3-4-25-10-14(18)13-5-11(6-15(19(13)28)20(21,22)23)27-16-7-12(29-2)9-26-17(16)8-24/h5-7,9,14,18,25,27H,3-4,10H2,1-2H3/t14-,18-/m0/s1. The number of nitriles is 1. The molecular weight excluding hydrogens is 383 g/mol. The maximum atomic E-state index is 13.9. The number of aromatic nitrogens is 1. The van der Waals surface area contributed by atoms with Crippen molar-refractivity contribution in [1.82, 2.24) is 10.3 Å². The summed E-state index contributed by atoms with van der Waals surface area (Å²) in [5.74, 6) is 0.380. The van der Waals surface area contributed by atoms with E-state index >= 15 is 0 Å². The van der Waals surface area contributed by atoms with Crippen LogP contribution >= 0.6 is 0 Å². The van der Waals surface area contributed by atoms with Gasteiger partial charge in [0.1, 0.15) is 11.8 Å². The predicted octanol–water partition coefficient (Wildman–Crippen LogP) is 3.62. The number of likely N-dealkylation sites (N-methyl/N-ethyl adjacent to an activating group) is 1. The first-order valence-electron chi connectivity index (χ1n) is 9.23. The van der Waals surface area contributed by atoms with Crippen LogP contribution in [0.3, 0.4) is 0 Å². The summed E-state index contributed by atoms with van der Waals surface area (Å²) in [4.78, 5) is 5.76. The average Bonchev–Trinajstić information content (AvgIpc) is 2.99. The van der Waals surface area contributed by atoms with E-state index in [4.69, 9.17) is 4.74 Å². The molecule has 0 spiro atoms. The molecule has 4 rings (SSSR count). The minimum atomic E-state index is -4.50. The van der Waals surface area contributed by atoms with E-state index in [9.17, 15) is 18.4 Å².